The lowest BCUT2D eigenvalue weighted by Gasteiger charge is -2.39. The minimum absolute atomic E-state index is 0.102. The highest BCUT2D eigenvalue weighted by Gasteiger charge is 2.34. The van der Waals surface area contributed by atoms with Crippen molar-refractivity contribution in [1.29, 1.82) is 0 Å². The van der Waals surface area contributed by atoms with Crippen LogP contribution in [0.5, 0.6) is 5.75 Å². The number of piperidine rings is 1. The van der Waals surface area contributed by atoms with Crippen LogP contribution in [0.3, 0.4) is 0 Å². The zero-order valence-electron chi connectivity index (χ0n) is 18.1. The van der Waals surface area contributed by atoms with E-state index in [0.717, 1.165) is 5.69 Å². The summed E-state index contributed by atoms with van der Waals surface area (Å²) in [4.78, 5) is 17.3. The molecule has 4 rings (SSSR count). The first kappa shape index (κ1) is 22.5. The van der Waals surface area contributed by atoms with Crippen LogP contribution in [0.15, 0.2) is 53.4 Å². The Morgan fingerprint density at radius 2 is 1.50 bits per heavy atom. The van der Waals surface area contributed by atoms with Crippen LogP contribution in [0.2, 0.25) is 0 Å². The summed E-state index contributed by atoms with van der Waals surface area (Å²) < 4.78 is 45.5. The molecule has 2 aliphatic rings. The van der Waals surface area contributed by atoms with E-state index in [0.29, 0.717) is 57.9 Å². The smallest absolute Gasteiger partial charge is 0.243 e. The van der Waals surface area contributed by atoms with Crippen LogP contribution in [0.4, 0.5) is 10.1 Å². The van der Waals surface area contributed by atoms with Crippen molar-refractivity contribution in [3.05, 3.63) is 54.3 Å². The quantitative estimate of drug-likeness (QED) is 0.685. The molecule has 0 unspecified atom stereocenters. The van der Waals surface area contributed by atoms with E-state index in [4.69, 9.17) is 4.74 Å². The van der Waals surface area contributed by atoms with Crippen LogP contribution >= 0.6 is 0 Å². The van der Waals surface area contributed by atoms with Crippen LogP contribution in [0.25, 0.3) is 0 Å². The Hall–Kier alpha value is -2.65. The topological polar surface area (TPSA) is 70.2 Å². The predicted molar refractivity (Wildman–Crippen MR) is 120 cm³/mol. The average molecular weight is 462 g/mol. The number of nitrogens with zero attached hydrogens (tertiary/aromatic N) is 3. The minimum atomic E-state index is -3.58. The summed E-state index contributed by atoms with van der Waals surface area (Å²) in [6.45, 7) is 3.28. The van der Waals surface area contributed by atoms with Gasteiger partial charge in [-0.1, -0.05) is 0 Å². The molecule has 0 spiro atoms. The molecule has 172 valence electrons. The second-order valence-electron chi connectivity index (χ2n) is 8.14. The summed E-state index contributed by atoms with van der Waals surface area (Å²) in [5.41, 5.74) is 0.954. The Balaban J connectivity index is 1.30. The van der Waals surface area contributed by atoms with Crippen LogP contribution in [-0.2, 0) is 14.8 Å². The summed E-state index contributed by atoms with van der Waals surface area (Å²) in [7, 11) is -2.05. The monoisotopic (exact) mass is 461 g/mol. The van der Waals surface area contributed by atoms with E-state index in [1.54, 1.807) is 36.4 Å². The Bertz CT molecular complexity index is 1030. The molecule has 1 amide bonds. The number of carbonyl (C=O) groups is 1. The second-order valence-corrected chi connectivity index (χ2v) is 10.1. The maximum absolute atomic E-state index is 13.1. The van der Waals surface area contributed by atoms with Crippen molar-refractivity contribution in [3.8, 4) is 5.75 Å². The Morgan fingerprint density at radius 1 is 0.906 bits per heavy atom. The standard InChI is InChI=1S/C23H28FN3O4S/c1-31-21-6-8-22(9-7-21)32(29,30)27-12-10-18(11-13-27)23(28)26-16-14-25(15-17-26)20-4-2-19(24)3-5-20/h2-9,18H,10-17H2,1H3. The van der Waals surface area contributed by atoms with Crippen molar-refractivity contribution < 1.29 is 22.3 Å². The summed E-state index contributed by atoms with van der Waals surface area (Å²) in [6, 6.07) is 12.8. The third kappa shape index (κ3) is 4.73. The highest BCUT2D eigenvalue weighted by atomic mass is 32.2. The molecule has 32 heavy (non-hydrogen) atoms. The van der Waals surface area contributed by atoms with Gasteiger partial charge < -0.3 is 14.5 Å². The normalized spacial score (nSPS) is 18.6. The van der Waals surface area contributed by atoms with Gasteiger partial charge in [0, 0.05) is 50.9 Å². The molecule has 2 aromatic rings. The van der Waals surface area contributed by atoms with Gasteiger partial charge in [-0.05, 0) is 61.4 Å². The Kier molecular flexibility index (Phi) is 6.66. The first-order valence-electron chi connectivity index (χ1n) is 10.8. The lowest BCUT2D eigenvalue weighted by molar-refractivity contribution is -0.137. The van der Waals surface area contributed by atoms with E-state index in [-0.39, 0.29) is 22.5 Å². The molecular weight excluding hydrogens is 433 g/mol. The van der Waals surface area contributed by atoms with E-state index < -0.39 is 10.0 Å². The highest BCUT2D eigenvalue weighted by Crippen LogP contribution is 2.27. The lowest BCUT2D eigenvalue weighted by Crippen LogP contribution is -2.52. The minimum Gasteiger partial charge on any atom is -0.497 e. The van der Waals surface area contributed by atoms with Gasteiger partial charge >= 0.3 is 0 Å². The molecule has 2 aromatic carbocycles. The number of carbonyl (C=O) groups excluding carboxylic acids is 1. The number of methoxy groups -OCH3 is 1. The van der Waals surface area contributed by atoms with Gasteiger partial charge in [0.15, 0.2) is 0 Å². The zero-order valence-corrected chi connectivity index (χ0v) is 18.9. The third-order valence-electron chi connectivity index (χ3n) is 6.28. The van der Waals surface area contributed by atoms with Crippen molar-refractivity contribution >= 4 is 21.6 Å². The van der Waals surface area contributed by atoms with E-state index >= 15 is 0 Å². The van der Waals surface area contributed by atoms with E-state index in [1.807, 2.05) is 4.90 Å². The van der Waals surface area contributed by atoms with Crippen molar-refractivity contribution in [2.24, 2.45) is 5.92 Å². The van der Waals surface area contributed by atoms with Crippen LogP contribution in [-0.4, -0.2) is 69.9 Å². The SMILES string of the molecule is COc1ccc(S(=O)(=O)N2CCC(C(=O)N3CCN(c4ccc(F)cc4)CC3)CC2)cc1. The molecule has 0 bridgehead atoms. The number of amides is 1. The summed E-state index contributed by atoms with van der Waals surface area (Å²) >= 11 is 0. The summed E-state index contributed by atoms with van der Waals surface area (Å²) in [5, 5.41) is 0. The summed E-state index contributed by atoms with van der Waals surface area (Å²) in [6.07, 6.45) is 1.04. The first-order valence-corrected chi connectivity index (χ1v) is 12.3. The number of anilines is 1. The van der Waals surface area contributed by atoms with Gasteiger partial charge in [0.25, 0.3) is 0 Å². The number of hydrogen-bond donors (Lipinski definition) is 0. The van der Waals surface area contributed by atoms with Gasteiger partial charge in [-0.2, -0.15) is 4.31 Å². The fraction of sp³-hybridized carbons (Fsp3) is 0.435. The number of rotatable bonds is 5. The number of sulfonamides is 1. The number of benzene rings is 2. The Morgan fingerprint density at radius 3 is 2.06 bits per heavy atom. The Labute approximate surface area is 188 Å². The number of hydrogen-bond acceptors (Lipinski definition) is 5. The maximum atomic E-state index is 13.1. The molecule has 2 fully saturated rings. The second kappa shape index (κ2) is 9.46. The van der Waals surface area contributed by atoms with Gasteiger partial charge in [0.2, 0.25) is 15.9 Å². The molecule has 2 saturated heterocycles. The summed E-state index contributed by atoms with van der Waals surface area (Å²) in [5.74, 6) is 0.288. The molecule has 0 aromatic heterocycles. The van der Waals surface area contributed by atoms with Crippen LogP contribution in [0, 0.1) is 11.7 Å². The number of ether oxygens (including phenoxy) is 1. The maximum Gasteiger partial charge on any atom is 0.243 e. The van der Waals surface area contributed by atoms with Gasteiger partial charge in [-0.15, -0.1) is 0 Å². The molecule has 0 radical (unpaired) electrons. The van der Waals surface area contributed by atoms with E-state index in [9.17, 15) is 17.6 Å². The van der Waals surface area contributed by atoms with Gasteiger partial charge in [-0.25, -0.2) is 12.8 Å². The van der Waals surface area contributed by atoms with Crippen molar-refractivity contribution in [2.45, 2.75) is 17.7 Å². The van der Waals surface area contributed by atoms with Crippen LogP contribution in [0.1, 0.15) is 12.8 Å². The molecule has 0 N–H and O–H groups in total. The average Bonchev–Trinajstić information content (AvgIpc) is 2.84. The number of piperazine rings is 1. The van der Waals surface area contributed by atoms with Crippen LogP contribution < -0.4 is 9.64 Å². The van der Waals surface area contributed by atoms with E-state index in [1.165, 1.54) is 23.5 Å². The molecule has 0 atom stereocenters. The van der Waals surface area contributed by atoms with Crippen molar-refractivity contribution in [2.75, 3.05) is 51.3 Å². The molecule has 2 heterocycles. The van der Waals surface area contributed by atoms with Gasteiger partial charge in [0.05, 0.1) is 12.0 Å². The van der Waals surface area contributed by atoms with E-state index in [2.05, 4.69) is 4.90 Å². The van der Waals surface area contributed by atoms with Crippen molar-refractivity contribution in [3.63, 3.8) is 0 Å². The first-order chi connectivity index (χ1) is 15.4. The number of halogens is 1. The highest BCUT2D eigenvalue weighted by molar-refractivity contribution is 7.89. The van der Waals surface area contributed by atoms with Gasteiger partial charge in [-0.3, -0.25) is 4.79 Å². The zero-order chi connectivity index (χ0) is 22.7. The fourth-order valence-electron chi connectivity index (χ4n) is 4.34. The fourth-order valence-corrected chi connectivity index (χ4v) is 5.80. The van der Waals surface area contributed by atoms with Gasteiger partial charge in [0.1, 0.15) is 11.6 Å². The predicted octanol–water partition coefficient (Wildman–Crippen LogP) is 2.58. The largest absolute Gasteiger partial charge is 0.497 e. The molecule has 7 nitrogen and oxygen atoms in total. The molecule has 2 aliphatic heterocycles. The lowest BCUT2D eigenvalue weighted by atomic mass is 9.96. The molecule has 0 saturated carbocycles. The molecule has 9 heteroatoms. The molecular formula is C23H28FN3O4S. The molecule has 0 aliphatic carbocycles. The third-order valence-corrected chi connectivity index (χ3v) is 8.20. The van der Waals surface area contributed by atoms with Crippen molar-refractivity contribution in [1.82, 2.24) is 9.21 Å².